The van der Waals surface area contributed by atoms with Gasteiger partial charge in [0, 0.05) is 24.2 Å². The van der Waals surface area contributed by atoms with Crippen LogP contribution in [0, 0.1) is 5.82 Å². The normalized spacial score (nSPS) is 14.2. The summed E-state index contributed by atoms with van der Waals surface area (Å²) in [5.74, 6) is -1.52. The summed E-state index contributed by atoms with van der Waals surface area (Å²) in [7, 11) is 0. The average Bonchev–Trinajstić information content (AvgIpc) is 2.94. The molecule has 1 aromatic carbocycles. The molecule has 0 atom stereocenters. The van der Waals surface area contributed by atoms with E-state index < -0.39 is 23.6 Å². The number of aromatic nitrogens is 2. The molecule has 1 aromatic heterocycles. The molecule has 2 aromatic rings. The van der Waals surface area contributed by atoms with E-state index >= 15 is 0 Å². The number of halogens is 5. The number of carbonyl (C=O) groups excluding carboxylic acids is 1. The summed E-state index contributed by atoms with van der Waals surface area (Å²) in [6.07, 6.45) is -4.29. The molecule has 0 radical (unpaired) electrons. The maximum absolute atomic E-state index is 13.7. The van der Waals surface area contributed by atoms with Crippen molar-refractivity contribution in [1.29, 1.82) is 0 Å². The lowest BCUT2D eigenvalue weighted by Crippen LogP contribution is -2.29. The first-order valence-corrected chi connectivity index (χ1v) is 8.12. The van der Waals surface area contributed by atoms with E-state index in [2.05, 4.69) is 10.4 Å². The molecular weight excluding hydrogens is 378 g/mol. The van der Waals surface area contributed by atoms with Crippen LogP contribution in [0.1, 0.15) is 27.3 Å². The predicted octanol–water partition coefficient (Wildman–Crippen LogP) is 3.20. The fourth-order valence-electron chi connectivity index (χ4n) is 2.80. The second-order valence-electron chi connectivity index (χ2n) is 5.65. The lowest BCUT2D eigenvalue weighted by atomic mass is 10.1. The molecule has 0 spiro atoms. The molecule has 1 aliphatic rings. The van der Waals surface area contributed by atoms with Gasteiger partial charge in [-0.2, -0.15) is 18.3 Å². The Balaban J connectivity index is 1.73. The van der Waals surface area contributed by atoms with E-state index in [0.717, 1.165) is 6.07 Å². The van der Waals surface area contributed by atoms with E-state index in [1.54, 1.807) is 0 Å². The number of alkyl halides is 3. The fourth-order valence-corrected chi connectivity index (χ4v) is 3.05. The highest BCUT2D eigenvalue weighted by Crippen LogP contribution is 2.34. The molecule has 0 bridgehead atoms. The third kappa shape index (κ3) is 3.68. The largest absolute Gasteiger partial charge is 0.435 e. The van der Waals surface area contributed by atoms with E-state index in [1.165, 1.54) is 16.8 Å². The highest BCUT2D eigenvalue weighted by molar-refractivity contribution is 6.33. The van der Waals surface area contributed by atoms with Crippen molar-refractivity contribution in [2.45, 2.75) is 25.7 Å². The van der Waals surface area contributed by atoms with Gasteiger partial charge in [-0.05, 0) is 12.1 Å². The third-order valence-electron chi connectivity index (χ3n) is 3.96. The van der Waals surface area contributed by atoms with E-state index in [-0.39, 0.29) is 35.8 Å². The van der Waals surface area contributed by atoms with E-state index in [9.17, 15) is 22.4 Å². The third-order valence-corrected chi connectivity index (χ3v) is 4.28. The van der Waals surface area contributed by atoms with Crippen LogP contribution in [0.5, 0.6) is 0 Å². The monoisotopic (exact) mass is 391 g/mol. The second kappa shape index (κ2) is 7.24. The standard InChI is InChI=1S/C16H14ClF4N3O2/c17-10-2-1-3-11(18)13(10)15(25)22-5-6-24-12-4-7-26-8-9(12)14(23-24)16(19,20)21/h1-3H,4-8H2,(H,22,25). The van der Waals surface area contributed by atoms with Gasteiger partial charge in [-0.1, -0.05) is 17.7 Å². The highest BCUT2D eigenvalue weighted by Gasteiger charge is 2.39. The molecule has 140 valence electrons. The molecule has 0 fully saturated rings. The number of nitrogens with zero attached hydrogens (tertiary/aromatic N) is 2. The molecular formula is C16H14ClF4N3O2. The van der Waals surface area contributed by atoms with Gasteiger partial charge in [-0.15, -0.1) is 0 Å². The lowest BCUT2D eigenvalue weighted by molar-refractivity contribution is -0.142. The quantitative estimate of drug-likeness (QED) is 0.814. The Hall–Kier alpha value is -2.13. The summed E-state index contributed by atoms with van der Waals surface area (Å²) < 4.78 is 59.3. The summed E-state index contributed by atoms with van der Waals surface area (Å²) in [6, 6.07) is 3.84. The van der Waals surface area contributed by atoms with Crippen LogP contribution in [0.4, 0.5) is 17.6 Å². The zero-order valence-electron chi connectivity index (χ0n) is 13.4. The van der Waals surface area contributed by atoms with Crippen LogP contribution in [-0.4, -0.2) is 28.8 Å². The van der Waals surface area contributed by atoms with E-state index in [1.807, 2.05) is 0 Å². The molecule has 10 heteroatoms. The Labute approximate surface area is 150 Å². The Morgan fingerprint density at radius 3 is 2.85 bits per heavy atom. The molecule has 1 aliphatic heterocycles. The fraction of sp³-hybridized carbons (Fsp3) is 0.375. The van der Waals surface area contributed by atoms with Crippen molar-refractivity contribution in [1.82, 2.24) is 15.1 Å². The molecule has 2 heterocycles. The molecule has 0 aliphatic carbocycles. The molecule has 1 N–H and O–H groups in total. The smallest absolute Gasteiger partial charge is 0.376 e. The molecule has 5 nitrogen and oxygen atoms in total. The Kier molecular flexibility index (Phi) is 5.19. The number of amides is 1. The first kappa shape index (κ1) is 18.7. The van der Waals surface area contributed by atoms with Crippen LogP contribution in [0.2, 0.25) is 5.02 Å². The Morgan fingerprint density at radius 2 is 2.15 bits per heavy atom. The molecule has 26 heavy (non-hydrogen) atoms. The minimum atomic E-state index is -4.58. The SMILES string of the molecule is O=C(NCCn1nc(C(F)(F)F)c2c1CCOC2)c1c(F)cccc1Cl. The zero-order chi connectivity index (χ0) is 18.9. The summed E-state index contributed by atoms with van der Waals surface area (Å²) >= 11 is 5.81. The lowest BCUT2D eigenvalue weighted by Gasteiger charge is -2.15. The number of nitrogens with one attached hydrogen (secondary N) is 1. The predicted molar refractivity (Wildman–Crippen MR) is 84.3 cm³/mol. The maximum Gasteiger partial charge on any atom is 0.435 e. The van der Waals surface area contributed by atoms with Gasteiger partial charge in [0.15, 0.2) is 5.69 Å². The van der Waals surface area contributed by atoms with Crippen molar-refractivity contribution in [2.24, 2.45) is 0 Å². The van der Waals surface area contributed by atoms with Crippen molar-refractivity contribution in [2.75, 3.05) is 13.2 Å². The Bertz CT molecular complexity index is 815. The molecule has 0 saturated heterocycles. The number of ether oxygens (including phenoxy) is 1. The average molecular weight is 392 g/mol. The van der Waals surface area contributed by atoms with Gasteiger partial charge in [0.2, 0.25) is 0 Å². The van der Waals surface area contributed by atoms with Crippen molar-refractivity contribution in [3.05, 3.63) is 51.6 Å². The second-order valence-corrected chi connectivity index (χ2v) is 6.06. The number of hydrogen-bond donors (Lipinski definition) is 1. The first-order valence-electron chi connectivity index (χ1n) is 7.74. The van der Waals surface area contributed by atoms with Crippen LogP contribution < -0.4 is 5.32 Å². The zero-order valence-corrected chi connectivity index (χ0v) is 14.1. The first-order chi connectivity index (χ1) is 12.3. The Morgan fingerprint density at radius 1 is 1.38 bits per heavy atom. The summed E-state index contributed by atoms with van der Waals surface area (Å²) in [6.45, 7) is 0.126. The summed E-state index contributed by atoms with van der Waals surface area (Å²) in [5.41, 5.74) is -0.828. The van der Waals surface area contributed by atoms with E-state index in [0.29, 0.717) is 18.7 Å². The number of hydrogen-bond acceptors (Lipinski definition) is 3. The van der Waals surface area contributed by atoms with Crippen LogP contribution in [-0.2, 0) is 30.5 Å². The van der Waals surface area contributed by atoms with Gasteiger partial charge < -0.3 is 10.1 Å². The number of carbonyl (C=O) groups is 1. The van der Waals surface area contributed by atoms with Crippen LogP contribution in [0.25, 0.3) is 0 Å². The van der Waals surface area contributed by atoms with Crippen LogP contribution in [0.3, 0.4) is 0 Å². The van der Waals surface area contributed by atoms with Gasteiger partial charge in [0.25, 0.3) is 5.91 Å². The summed E-state index contributed by atoms with van der Waals surface area (Å²) in [4.78, 5) is 12.1. The minimum absolute atomic E-state index is 0.0101. The molecule has 0 saturated carbocycles. The van der Waals surface area contributed by atoms with Crippen molar-refractivity contribution >= 4 is 17.5 Å². The highest BCUT2D eigenvalue weighted by atomic mass is 35.5. The van der Waals surface area contributed by atoms with E-state index in [4.69, 9.17) is 16.3 Å². The molecule has 0 unspecified atom stereocenters. The van der Waals surface area contributed by atoms with Crippen molar-refractivity contribution in [3.8, 4) is 0 Å². The van der Waals surface area contributed by atoms with Crippen LogP contribution in [0.15, 0.2) is 18.2 Å². The minimum Gasteiger partial charge on any atom is -0.376 e. The maximum atomic E-state index is 13.7. The van der Waals surface area contributed by atoms with Gasteiger partial charge in [0.1, 0.15) is 5.82 Å². The van der Waals surface area contributed by atoms with Gasteiger partial charge in [-0.25, -0.2) is 4.39 Å². The van der Waals surface area contributed by atoms with Gasteiger partial charge in [-0.3, -0.25) is 9.48 Å². The molecule has 3 rings (SSSR count). The number of benzene rings is 1. The summed E-state index contributed by atoms with van der Waals surface area (Å²) in [5, 5.41) is 6.03. The molecule has 1 amide bonds. The van der Waals surface area contributed by atoms with Crippen LogP contribution >= 0.6 is 11.6 Å². The van der Waals surface area contributed by atoms with Crippen molar-refractivity contribution in [3.63, 3.8) is 0 Å². The topological polar surface area (TPSA) is 56.2 Å². The van der Waals surface area contributed by atoms with Gasteiger partial charge >= 0.3 is 6.18 Å². The number of rotatable bonds is 4. The number of fused-ring (bicyclic) bond motifs is 1. The van der Waals surface area contributed by atoms with Gasteiger partial charge in [0.05, 0.1) is 30.3 Å². The van der Waals surface area contributed by atoms with Crippen molar-refractivity contribution < 1.29 is 27.1 Å².